The van der Waals surface area contributed by atoms with E-state index in [2.05, 4.69) is 15.9 Å². The average Bonchev–Trinajstić information content (AvgIpc) is 2.48. The van der Waals surface area contributed by atoms with Crippen molar-refractivity contribution in [3.8, 4) is 5.75 Å². The van der Waals surface area contributed by atoms with Crippen LogP contribution in [0.25, 0.3) is 0 Å². The molecule has 2 rings (SSSR count). The van der Waals surface area contributed by atoms with E-state index in [1.165, 1.54) is 0 Å². The number of carbonyl (C=O) groups excluding carboxylic acids is 1. The van der Waals surface area contributed by atoms with Gasteiger partial charge in [0.2, 0.25) is 0 Å². The molecule has 4 heteroatoms. The number of hydrogen-bond donors (Lipinski definition) is 1. The zero-order valence-corrected chi connectivity index (χ0v) is 13.5. The molecule has 3 nitrogen and oxygen atoms in total. The van der Waals surface area contributed by atoms with Crippen LogP contribution < -0.4 is 10.5 Å². The smallest absolute Gasteiger partial charge is 0.139 e. The van der Waals surface area contributed by atoms with Gasteiger partial charge in [-0.25, -0.2) is 0 Å². The Balaban J connectivity index is 2.04. The number of halogens is 1. The number of hydrogen-bond acceptors (Lipinski definition) is 3. The fraction of sp³-hybridized carbons (Fsp3) is 0.235. The Morgan fingerprint density at radius 1 is 1.24 bits per heavy atom. The van der Waals surface area contributed by atoms with Crippen molar-refractivity contribution < 1.29 is 9.53 Å². The van der Waals surface area contributed by atoms with Crippen LogP contribution in [0.1, 0.15) is 23.6 Å². The van der Waals surface area contributed by atoms with Gasteiger partial charge < -0.3 is 10.5 Å². The van der Waals surface area contributed by atoms with Crippen molar-refractivity contribution in [3.05, 3.63) is 64.1 Å². The van der Waals surface area contributed by atoms with Crippen LogP contribution in [0, 0.1) is 0 Å². The summed E-state index contributed by atoms with van der Waals surface area (Å²) in [6.07, 6.45) is 0.642. The molecule has 2 N–H and O–H groups in total. The van der Waals surface area contributed by atoms with E-state index in [1.807, 2.05) is 48.5 Å². The van der Waals surface area contributed by atoms with Gasteiger partial charge in [0.05, 0.1) is 7.11 Å². The fourth-order valence-electron chi connectivity index (χ4n) is 2.23. The molecule has 0 aromatic heterocycles. The summed E-state index contributed by atoms with van der Waals surface area (Å²) in [5.41, 5.74) is 7.94. The third-order valence-corrected chi connectivity index (χ3v) is 3.80. The van der Waals surface area contributed by atoms with Crippen LogP contribution in [-0.4, -0.2) is 12.9 Å². The van der Waals surface area contributed by atoms with Crippen molar-refractivity contribution in [2.75, 3.05) is 7.11 Å². The summed E-state index contributed by atoms with van der Waals surface area (Å²) in [5, 5.41) is 0. The van der Waals surface area contributed by atoms with Crippen LogP contribution in [-0.2, 0) is 11.2 Å². The fourth-order valence-corrected chi connectivity index (χ4v) is 2.64. The standard InChI is InChI=1S/C17H18BrNO2/c1-21-17-8-7-14(18)9-13(17)10-15(20)11-16(19)12-5-3-2-4-6-12/h2-9,16H,10-11,19H2,1H3. The lowest BCUT2D eigenvalue weighted by atomic mass is 9.98. The minimum Gasteiger partial charge on any atom is -0.496 e. The molecule has 110 valence electrons. The second-order valence-corrected chi connectivity index (χ2v) is 5.81. The minimum atomic E-state index is -0.267. The van der Waals surface area contributed by atoms with Crippen LogP contribution in [0.3, 0.4) is 0 Å². The molecule has 1 atom stereocenters. The lowest BCUT2D eigenvalue weighted by Gasteiger charge is -2.12. The van der Waals surface area contributed by atoms with Gasteiger partial charge in [0.15, 0.2) is 0 Å². The molecule has 0 spiro atoms. The van der Waals surface area contributed by atoms with Crippen molar-refractivity contribution in [3.63, 3.8) is 0 Å². The van der Waals surface area contributed by atoms with Crippen LogP contribution in [0.4, 0.5) is 0 Å². The topological polar surface area (TPSA) is 52.3 Å². The molecule has 0 aliphatic heterocycles. The van der Waals surface area contributed by atoms with E-state index in [9.17, 15) is 4.79 Å². The average molecular weight is 348 g/mol. The molecule has 2 aromatic carbocycles. The number of methoxy groups -OCH3 is 1. The Morgan fingerprint density at radius 2 is 1.95 bits per heavy atom. The van der Waals surface area contributed by atoms with Crippen LogP contribution in [0.15, 0.2) is 53.0 Å². The Kier molecular flexibility index (Phi) is 5.53. The molecule has 0 aliphatic carbocycles. The first-order valence-electron chi connectivity index (χ1n) is 6.75. The van der Waals surface area contributed by atoms with E-state index >= 15 is 0 Å². The zero-order chi connectivity index (χ0) is 15.2. The van der Waals surface area contributed by atoms with Crippen molar-refractivity contribution in [2.45, 2.75) is 18.9 Å². The Labute approximate surface area is 133 Å². The Morgan fingerprint density at radius 3 is 2.62 bits per heavy atom. The molecule has 21 heavy (non-hydrogen) atoms. The van der Waals surface area contributed by atoms with Gasteiger partial charge in [-0.05, 0) is 23.8 Å². The van der Waals surface area contributed by atoms with Crippen LogP contribution in [0.5, 0.6) is 5.75 Å². The molecule has 0 radical (unpaired) electrons. The molecule has 0 heterocycles. The second kappa shape index (κ2) is 7.38. The maximum Gasteiger partial charge on any atom is 0.139 e. The maximum absolute atomic E-state index is 12.2. The van der Waals surface area contributed by atoms with Gasteiger partial charge in [-0.15, -0.1) is 0 Å². The van der Waals surface area contributed by atoms with E-state index < -0.39 is 0 Å². The molecular weight excluding hydrogens is 330 g/mol. The van der Waals surface area contributed by atoms with Gasteiger partial charge in [0.1, 0.15) is 11.5 Å². The third kappa shape index (κ3) is 4.41. The highest BCUT2D eigenvalue weighted by Crippen LogP contribution is 2.24. The van der Waals surface area contributed by atoms with Crippen molar-refractivity contribution in [2.24, 2.45) is 5.73 Å². The molecule has 0 fully saturated rings. The summed E-state index contributed by atoms with van der Waals surface area (Å²) in [6.45, 7) is 0. The lowest BCUT2D eigenvalue weighted by molar-refractivity contribution is -0.118. The van der Waals surface area contributed by atoms with Crippen molar-refractivity contribution >= 4 is 21.7 Å². The van der Waals surface area contributed by atoms with E-state index in [-0.39, 0.29) is 11.8 Å². The van der Waals surface area contributed by atoms with E-state index in [1.54, 1.807) is 7.11 Å². The second-order valence-electron chi connectivity index (χ2n) is 4.89. The van der Waals surface area contributed by atoms with Gasteiger partial charge in [-0.1, -0.05) is 46.3 Å². The number of ketones is 1. The maximum atomic E-state index is 12.2. The van der Waals surface area contributed by atoms with Crippen molar-refractivity contribution in [1.82, 2.24) is 0 Å². The van der Waals surface area contributed by atoms with Crippen LogP contribution in [0.2, 0.25) is 0 Å². The van der Waals surface area contributed by atoms with Gasteiger partial charge in [-0.2, -0.15) is 0 Å². The van der Waals surface area contributed by atoms with E-state index in [0.717, 1.165) is 21.3 Å². The first-order valence-corrected chi connectivity index (χ1v) is 7.54. The highest BCUT2D eigenvalue weighted by molar-refractivity contribution is 9.10. The number of carbonyl (C=O) groups is 1. The lowest BCUT2D eigenvalue weighted by Crippen LogP contribution is -2.16. The molecule has 1 unspecified atom stereocenters. The van der Waals surface area contributed by atoms with E-state index in [4.69, 9.17) is 10.5 Å². The van der Waals surface area contributed by atoms with Gasteiger partial charge in [0.25, 0.3) is 0 Å². The molecular formula is C17H18BrNO2. The number of benzene rings is 2. The summed E-state index contributed by atoms with van der Waals surface area (Å²) < 4.78 is 6.22. The number of ether oxygens (including phenoxy) is 1. The highest BCUT2D eigenvalue weighted by Gasteiger charge is 2.14. The highest BCUT2D eigenvalue weighted by atomic mass is 79.9. The molecule has 0 saturated heterocycles. The van der Waals surface area contributed by atoms with Gasteiger partial charge in [0, 0.05) is 28.9 Å². The summed E-state index contributed by atoms with van der Waals surface area (Å²) in [7, 11) is 1.60. The molecule has 0 amide bonds. The summed E-state index contributed by atoms with van der Waals surface area (Å²) in [6, 6.07) is 15.1. The van der Waals surface area contributed by atoms with Gasteiger partial charge in [-0.3, -0.25) is 4.79 Å². The normalized spacial score (nSPS) is 12.0. The largest absolute Gasteiger partial charge is 0.496 e. The van der Waals surface area contributed by atoms with E-state index in [0.29, 0.717) is 12.8 Å². The third-order valence-electron chi connectivity index (χ3n) is 3.31. The Hall–Kier alpha value is -1.65. The SMILES string of the molecule is COc1ccc(Br)cc1CC(=O)CC(N)c1ccccc1. The van der Waals surface area contributed by atoms with Gasteiger partial charge >= 0.3 is 0 Å². The first-order chi connectivity index (χ1) is 10.1. The predicted octanol–water partition coefficient (Wildman–Crippen LogP) is 3.66. The predicted molar refractivity (Wildman–Crippen MR) is 87.4 cm³/mol. The first kappa shape index (κ1) is 15.7. The number of Topliss-reactive ketones (excluding diaryl/α,β-unsaturated/α-hetero) is 1. The van der Waals surface area contributed by atoms with Crippen LogP contribution >= 0.6 is 15.9 Å². The summed E-state index contributed by atoms with van der Waals surface area (Å²) in [4.78, 5) is 12.2. The minimum absolute atomic E-state index is 0.0998. The molecule has 0 saturated carbocycles. The number of nitrogens with two attached hydrogens (primary N) is 1. The molecule has 0 bridgehead atoms. The Bertz CT molecular complexity index is 613. The summed E-state index contributed by atoms with van der Waals surface area (Å²) >= 11 is 3.41. The van der Waals surface area contributed by atoms with Crippen molar-refractivity contribution in [1.29, 1.82) is 0 Å². The summed E-state index contributed by atoms with van der Waals surface area (Å²) in [5.74, 6) is 0.822. The molecule has 2 aromatic rings. The number of rotatable bonds is 6. The zero-order valence-electron chi connectivity index (χ0n) is 11.9. The quantitative estimate of drug-likeness (QED) is 0.867. The monoisotopic (exact) mass is 347 g/mol. The molecule has 0 aliphatic rings.